The zero-order valence-electron chi connectivity index (χ0n) is 18.7. The van der Waals surface area contributed by atoms with Crippen LogP contribution in [0.15, 0.2) is 47.4 Å². The molecule has 2 aromatic rings. The van der Waals surface area contributed by atoms with Crippen LogP contribution >= 0.6 is 0 Å². The summed E-state index contributed by atoms with van der Waals surface area (Å²) < 4.78 is 32.8. The Labute approximate surface area is 186 Å². The SMILES string of the molecule is CCCCC1(CCCC)CS(=O)(=O)c2cc(C=O)c(OC)cc2C(c2ccccc2)N1. The number of hydrogen-bond acceptors (Lipinski definition) is 5. The van der Waals surface area contributed by atoms with Crippen LogP contribution in [0.3, 0.4) is 0 Å². The molecule has 31 heavy (non-hydrogen) atoms. The van der Waals surface area contributed by atoms with Crippen molar-refractivity contribution in [2.75, 3.05) is 12.9 Å². The van der Waals surface area contributed by atoms with Crippen molar-refractivity contribution in [3.63, 3.8) is 0 Å². The van der Waals surface area contributed by atoms with Gasteiger partial charge in [-0.05, 0) is 36.1 Å². The molecular formula is C25H33NO4S. The van der Waals surface area contributed by atoms with Gasteiger partial charge in [0.1, 0.15) is 5.75 Å². The fourth-order valence-electron chi connectivity index (χ4n) is 4.57. The van der Waals surface area contributed by atoms with Crippen LogP contribution in [0.4, 0.5) is 0 Å². The number of sulfone groups is 1. The summed E-state index contributed by atoms with van der Waals surface area (Å²) >= 11 is 0. The lowest BCUT2D eigenvalue weighted by molar-refractivity contribution is 0.112. The summed E-state index contributed by atoms with van der Waals surface area (Å²) in [7, 11) is -2.12. The molecule has 1 heterocycles. The molecule has 0 saturated carbocycles. The van der Waals surface area contributed by atoms with Crippen molar-refractivity contribution in [2.45, 2.75) is 68.8 Å². The van der Waals surface area contributed by atoms with E-state index in [0.717, 1.165) is 44.1 Å². The largest absolute Gasteiger partial charge is 0.496 e. The molecule has 2 aromatic carbocycles. The number of fused-ring (bicyclic) bond motifs is 1. The van der Waals surface area contributed by atoms with Gasteiger partial charge in [0.15, 0.2) is 16.1 Å². The number of aldehydes is 1. The van der Waals surface area contributed by atoms with Crippen molar-refractivity contribution in [1.29, 1.82) is 0 Å². The normalized spacial score (nSPS) is 19.3. The lowest BCUT2D eigenvalue weighted by Crippen LogP contribution is -2.50. The predicted octanol–water partition coefficient (Wildman–Crippen LogP) is 5.09. The van der Waals surface area contributed by atoms with Crippen LogP contribution in [0, 0.1) is 0 Å². The Hall–Kier alpha value is -2.18. The quantitative estimate of drug-likeness (QED) is 0.546. The fourth-order valence-corrected chi connectivity index (χ4v) is 6.67. The fraction of sp³-hybridized carbons (Fsp3) is 0.480. The Bertz CT molecular complexity index is 994. The molecule has 5 nitrogen and oxygen atoms in total. The molecule has 0 bridgehead atoms. The second kappa shape index (κ2) is 9.96. The molecule has 6 heteroatoms. The van der Waals surface area contributed by atoms with E-state index in [1.54, 1.807) is 6.07 Å². The van der Waals surface area contributed by atoms with E-state index in [1.807, 2.05) is 30.3 Å². The van der Waals surface area contributed by atoms with E-state index in [-0.39, 0.29) is 22.3 Å². The highest BCUT2D eigenvalue weighted by molar-refractivity contribution is 7.91. The maximum absolute atomic E-state index is 13.7. The maximum Gasteiger partial charge on any atom is 0.180 e. The number of ether oxygens (including phenoxy) is 1. The maximum atomic E-state index is 13.7. The number of methoxy groups -OCH3 is 1. The predicted molar refractivity (Wildman–Crippen MR) is 124 cm³/mol. The molecule has 0 saturated heterocycles. The van der Waals surface area contributed by atoms with Crippen LogP contribution in [0.2, 0.25) is 0 Å². The molecule has 0 radical (unpaired) electrons. The van der Waals surface area contributed by atoms with Gasteiger partial charge in [0.25, 0.3) is 0 Å². The van der Waals surface area contributed by atoms with Gasteiger partial charge in [-0.2, -0.15) is 0 Å². The summed E-state index contributed by atoms with van der Waals surface area (Å²) in [4.78, 5) is 11.9. The first-order valence-corrected chi connectivity index (χ1v) is 12.8. The molecular weight excluding hydrogens is 410 g/mol. The van der Waals surface area contributed by atoms with Crippen molar-refractivity contribution >= 4 is 16.1 Å². The summed E-state index contributed by atoms with van der Waals surface area (Å²) in [5, 5.41) is 3.79. The second-order valence-corrected chi connectivity index (χ2v) is 10.4. The van der Waals surface area contributed by atoms with E-state index in [4.69, 9.17) is 4.74 Å². The van der Waals surface area contributed by atoms with E-state index >= 15 is 0 Å². The molecule has 1 aliphatic heterocycles. The molecule has 1 aliphatic rings. The van der Waals surface area contributed by atoms with Crippen LogP contribution in [-0.4, -0.2) is 33.1 Å². The zero-order valence-corrected chi connectivity index (χ0v) is 19.5. The number of rotatable bonds is 9. The number of hydrogen-bond donors (Lipinski definition) is 1. The number of carbonyl (C=O) groups is 1. The molecule has 1 unspecified atom stereocenters. The van der Waals surface area contributed by atoms with Gasteiger partial charge in [-0.15, -0.1) is 0 Å². The molecule has 0 aliphatic carbocycles. The van der Waals surface area contributed by atoms with Crippen molar-refractivity contribution < 1.29 is 17.9 Å². The first kappa shape index (κ1) is 23.5. The van der Waals surface area contributed by atoms with Gasteiger partial charge < -0.3 is 4.74 Å². The number of unbranched alkanes of at least 4 members (excludes halogenated alkanes) is 2. The standard InChI is InChI=1S/C25H33NO4S/c1-4-6-13-25(14-7-5-2)18-31(28,29)23-15-20(17-27)22(30-3)16-21(23)24(26-25)19-11-9-8-10-12-19/h8-12,15-17,24,26H,4-7,13-14,18H2,1-3H3. The Kier molecular flexibility index (Phi) is 7.55. The van der Waals surface area contributed by atoms with E-state index < -0.39 is 15.4 Å². The van der Waals surface area contributed by atoms with E-state index in [1.165, 1.54) is 13.2 Å². The van der Waals surface area contributed by atoms with Gasteiger partial charge in [-0.1, -0.05) is 69.9 Å². The van der Waals surface area contributed by atoms with Gasteiger partial charge in [0.05, 0.1) is 29.4 Å². The molecule has 0 aromatic heterocycles. The molecule has 1 N–H and O–H groups in total. The van der Waals surface area contributed by atoms with Crippen molar-refractivity contribution in [3.05, 3.63) is 59.2 Å². The van der Waals surface area contributed by atoms with Crippen molar-refractivity contribution in [2.24, 2.45) is 0 Å². The van der Waals surface area contributed by atoms with Crippen LogP contribution in [0.1, 0.15) is 79.9 Å². The third kappa shape index (κ3) is 5.01. The monoisotopic (exact) mass is 443 g/mol. The van der Waals surface area contributed by atoms with Crippen LogP contribution < -0.4 is 10.1 Å². The number of nitrogens with one attached hydrogen (secondary N) is 1. The minimum absolute atomic E-state index is 0.0287. The summed E-state index contributed by atoms with van der Waals surface area (Å²) in [5.41, 5.74) is 1.37. The summed E-state index contributed by atoms with van der Waals surface area (Å²) in [5.74, 6) is 0.419. The summed E-state index contributed by atoms with van der Waals surface area (Å²) in [6.45, 7) is 4.26. The molecule has 0 fully saturated rings. The van der Waals surface area contributed by atoms with Gasteiger partial charge in [0.2, 0.25) is 0 Å². The first-order chi connectivity index (χ1) is 14.9. The summed E-state index contributed by atoms with van der Waals surface area (Å²) in [6, 6.07) is 12.8. The van der Waals surface area contributed by atoms with E-state index in [9.17, 15) is 13.2 Å². The van der Waals surface area contributed by atoms with Gasteiger partial charge in [-0.3, -0.25) is 10.1 Å². The summed E-state index contributed by atoms with van der Waals surface area (Å²) in [6.07, 6.45) is 6.14. The zero-order chi connectivity index (χ0) is 22.5. The van der Waals surface area contributed by atoms with Crippen LogP contribution in [-0.2, 0) is 9.84 Å². The Balaban J connectivity index is 2.26. The highest BCUT2D eigenvalue weighted by Gasteiger charge is 2.42. The van der Waals surface area contributed by atoms with Crippen LogP contribution in [0.5, 0.6) is 5.75 Å². The van der Waals surface area contributed by atoms with Crippen LogP contribution in [0.25, 0.3) is 0 Å². The van der Waals surface area contributed by atoms with Gasteiger partial charge >= 0.3 is 0 Å². The molecule has 0 amide bonds. The molecule has 3 rings (SSSR count). The third-order valence-electron chi connectivity index (χ3n) is 6.20. The topological polar surface area (TPSA) is 72.5 Å². The number of benzene rings is 2. The minimum atomic E-state index is -3.62. The minimum Gasteiger partial charge on any atom is -0.496 e. The molecule has 0 spiro atoms. The highest BCUT2D eigenvalue weighted by Crippen LogP contribution is 2.41. The Morgan fingerprint density at radius 3 is 2.29 bits per heavy atom. The van der Waals surface area contributed by atoms with Crippen molar-refractivity contribution in [3.8, 4) is 5.75 Å². The average Bonchev–Trinajstić information content (AvgIpc) is 2.88. The number of carbonyl (C=O) groups excluding carboxylic acids is 1. The van der Waals surface area contributed by atoms with E-state index in [2.05, 4.69) is 19.2 Å². The van der Waals surface area contributed by atoms with Crippen molar-refractivity contribution in [1.82, 2.24) is 5.32 Å². The molecule has 168 valence electrons. The smallest absolute Gasteiger partial charge is 0.180 e. The first-order valence-electron chi connectivity index (χ1n) is 11.1. The Morgan fingerprint density at radius 2 is 1.74 bits per heavy atom. The van der Waals surface area contributed by atoms with Gasteiger partial charge in [0, 0.05) is 5.54 Å². The van der Waals surface area contributed by atoms with Gasteiger partial charge in [-0.25, -0.2) is 8.42 Å². The lowest BCUT2D eigenvalue weighted by atomic mass is 9.86. The highest BCUT2D eigenvalue weighted by atomic mass is 32.2. The third-order valence-corrected chi connectivity index (χ3v) is 8.16. The van der Waals surface area contributed by atoms with E-state index in [0.29, 0.717) is 17.6 Å². The second-order valence-electron chi connectivity index (χ2n) is 8.48. The lowest BCUT2D eigenvalue weighted by Gasteiger charge is -2.37. The average molecular weight is 444 g/mol. The Morgan fingerprint density at radius 1 is 1.10 bits per heavy atom. The molecule has 1 atom stereocenters.